The minimum atomic E-state index is -0.750. The van der Waals surface area contributed by atoms with E-state index in [2.05, 4.69) is 5.32 Å². The second-order valence-electron chi connectivity index (χ2n) is 5.16. The first-order valence-corrected chi connectivity index (χ1v) is 6.14. The lowest BCUT2D eigenvalue weighted by Gasteiger charge is -2.24. The lowest BCUT2D eigenvalue weighted by molar-refractivity contribution is -0.125. The minimum absolute atomic E-state index is 0. The van der Waals surface area contributed by atoms with E-state index in [1.807, 2.05) is 6.92 Å². The molecule has 0 radical (unpaired) electrons. The van der Waals surface area contributed by atoms with Gasteiger partial charge in [-0.15, -0.1) is 12.4 Å². The van der Waals surface area contributed by atoms with Gasteiger partial charge in [0.05, 0.1) is 5.41 Å². The number of halogens is 2. The summed E-state index contributed by atoms with van der Waals surface area (Å²) in [6.45, 7) is 5.99. The summed E-state index contributed by atoms with van der Waals surface area (Å²) in [6, 6.07) is 6.19. The zero-order valence-electron chi connectivity index (χ0n) is 11.6. The molecule has 1 rings (SSSR count). The molecule has 0 saturated carbocycles. The molecule has 5 heteroatoms. The molecule has 1 unspecified atom stereocenters. The van der Waals surface area contributed by atoms with Gasteiger partial charge >= 0.3 is 0 Å². The monoisotopic (exact) mass is 288 g/mol. The summed E-state index contributed by atoms with van der Waals surface area (Å²) in [5, 5.41) is 2.83. The number of nitrogens with one attached hydrogen (secondary N) is 1. The van der Waals surface area contributed by atoms with Gasteiger partial charge < -0.3 is 11.1 Å². The molecule has 0 heterocycles. The van der Waals surface area contributed by atoms with Crippen molar-refractivity contribution in [2.24, 2.45) is 5.73 Å². The number of carbonyl (C=O) groups excluding carboxylic acids is 1. The molecule has 0 aliphatic carbocycles. The molecule has 3 N–H and O–H groups in total. The third-order valence-electron chi connectivity index (χ3n) is 3.00. The number of hydrogen-bond donors (Lipinski definition) is 2. The van der Waals surface area contributed by atoms with Crippen molar-refractivity contribution >= 4 is 18.3 Å². The molecule has 1 atom stereocenters. The van der Waals surface area contributed by atoms with Crippen LogP contribution in [0.25, 0.3) is 0 Å². The molecule has 0 fully saturated rings. The van der Waals surface area contributed by atoms with E-state index in [1.165, 1.54) is 12.1 Å². The predicted molar refractivity (Wildman–Crippen MR) is 78.0 cm³/mol. The van der Waals surface area contributed by atoms with Gasteiger partial charge in [-0.3, -0.25) is 4.79 Å². The van der Waals surface area contributed by atoms with E-state index in [0.29, 0.717) is 12.1 Å². The summed E-state index contributed by atoms with van der Waals surface area (Å²) in [4.78, 5) is 12.1. The zero-order valence-corrected chi connectivity index (χ0v) is 12.4. The lowest BCUT2D eigenvalue weighted by atomic mass is 9.83. The molecular weight excluding hydrogens is 267 g/mol. The highest BCUT2D eigenvalue weighted by atomic mass is 35.5. The van der Waals surface area contributed by atoms with Crippen molar-refractivity contribution in [3.63, 3.8) is 0 Å². The van der Waals surface area contributed by atoms with E-state index in [0.717, 1.165) is 6.42 Å². The number of nitrogens with two attached hydrogens (primary N) is 1. The highest BCUT2D eigenvalue weighted by Crippen LogP contribution is 2.23. The summed E-state index contributed by atoms with van der Waals surface area (Å²) in [5.74, 6) is -0.447. The first kappa shape index (κ1) is 17.9. The van der Waals surface area contributed by atoms with Crippen molar-refractivity contribution in [2.75, 3.05) is 6.54 Å². The smallest absolute Gasteiger partial charge is 0.230 e. The number of benzene rings is 1. The van der Waals surface area contributed by atoms with E-state index >= 15 is 0 Å². The molecule has 19 heavy (non-hydrogen) atoms. The summed E-state index contributed by atoms with van der Waals surface area (Å²) < 4.78 is 13.2. The van der Waals surface area contributed by atoms with Crippen molar-refractivity contribution < 1.29 is 9.18 Å². The van der Waals surface area contributed by atoms with Crippen molar-refractivity contribution in [2.45, 2.75) is 38.6 Å². The van der Waals surface area contributed by atoms with Gasteiger partial charge in [-0.05, 0) is 44.9 Å². The van der Waals surface area contributed by atoms with Gasteiger partial charge in [-0.1, -0.05) is 12.1 Å². The van der Waals surface area contributed by atoms with Gasteiger partial charge in [0, 0.05) is 12.6 Å². The van der Waals surface area contributed by atoms with Gasteiger partial charge in [0.25, 0.3) is 0 Å². The van der Waals surface area contributed by atoms with Crippen molar-refractivity contribution in [3.8, 4) is 0 Å². The number of hydrogen-bond acceptors (Lipinski definition) is 2. The Hall–Kier alpha value is -1.13. The Morgan fingerprint density at radius 1 is 1.47 bits per heavy atom. The van der Waals surface area contributed by atoms with Crippen LogP contribution in [-0.2, 0) is 10.2 Å². The Bertz CT molecular complexity index is 422. The normalized spacial score (nSPS) is 12.5. The molecule has 108 valence electrons. The second kappa shape index (κ2) is 7.46. The molecule has 3 nitrogen and oxygen atoms in total. The maximum absolute atomic E-state index is 13.2. The van der Waals surface area contributed by atoms with Crippen molar-refractivity contribution in [3.05, 3.63) is 35.6 Å². The maximum atomic E-state index is 13.2. The predicted octanol–water partition coefficient (Wildman–Crippen LogP) is 2.38. The van der Waals surface area contributed by atoms with Crippen LogP contribution >= 0.6 is 12.4 Å². The number of amides is 1. The SMILES string of the molecule is CC(N)CCNC(=O)C(C)(C)c1cccc(F)c1.Cl. The van der Waals surface area contributed by atoms with Crippen LogP contribution in [0.4, 0.5) is 4.39 Å². The Morgan fingerprint density at radius 2 is 2.11 bits per heavy atom. The highest BCUT2D eigenvalue weighted by Gasteiger charge is 2.29. The van der Waals surface area contributed by atoms with Crippen LogP contribution in [0.5, 0.6) is 0 Å². The third-order valence-corrected chi connectivity index (χ3v) is 3.00. The van der Waals surface area contributed by atoms with Crippen LogP contribution in [0.15, 0.2) is 24.3 Å². The quantitative estimate of drug-likeness (QED) is 0.874. The Labute approximate surface area is 120 Å². The standard InChI is InChI=1S/C14H21FN2O.ClH/c1-10(16)7-8-17-13(18)14(2,3)11-5-4-6-12(15)9-11;/h4-6,9-10H,7-8,16H2,1-3H3,(H,17,18);1H. The third kappa shape index (κ3) is 5.17. The second-order valence-corrected chi connectivity index (χ2v) is 5.16. The van der Waals surface area contributed by atoms with Gasteiger partial charge in [-0.25, -0.2) is 4.39 Å². The first-order chi connectivity index (χ1) is 8.34. The highest BCUT2D eigenvalue weighted by molar-refractivity contribution is 5.87. The summed E-state index contributed by atoms with van der Waals surface area (Å²) >= 11 is 0. The fourth-order valence-corrected chi connectivity index (χ4v) is 1.64. The number of rotatable bonds is 5. The van der Waals surface area contributed by atoms with Gasteiger partial charge in [0.15, 0.2) is 0 Å². The summed E-state index contributed by atoms with van der Waals surface area (Å²) in [5.41, 5.74) is 5.54. The van der Waals surface area contributed by atoms with E-state index in [4.69, 9.17) is 5.73 Å². The molecule has 0 aliphatic heterocycles. The van der Waals surface area contributed by atoms with E-state index < -0.39 is 5.41 Å². The van der Waals surface area contributed by atoms with Crippen LogP contribution in [0.3, 0.4) is 0 Å². The lowest BCUT2D eigenvalue weighted by Crippen LogP contribution is -2.41. The summed E-state index contributed by atoms with van der Waals surface area (Å²) in [6.07, 6.45) is 0.727. The minimum Gasteiger partial charge on any atom is -0.355 e. The van der Waals surface area contributed by atoms with Gasteiger partial charge in [0.1, 0.15) is 5.82 Å². The average molecular weight is 289 g/mol. The molecule has 1 aromatic carbocycles. The first-order valence-electron chi connectivity index (χ1n) is 6.14. The molecule has 0 spiro atoms. The van der Waals surface area contributed by atoms with Crippen LogP contribution < -0.4 is 11.1 Å². The topological polar surface area (TPSA) is 55.1 Å². The molecule has 1 aromatic rings. The molecule has 0 bridgehead atoms. The Balaban J connectivity index is 0.00000324. The van der Waals surface area contributed by atoms with Crippen LogP contribution in [0.2, 0.25) is 0 Å². The van der Waals surface area contributed by atoms with Crippen molar-refractivity contribution in [1.82, 2.24) is 5.32 Å². The van der Waals surface area contributed by atoms with Gasteiger partial charge in [-0.2, -0.15) is 0 Å². The Morgan fingerprint density at radius 3 is 2.63 bits per heavy atom. The van der Waals surface area contributed by atoms with Crippen LogP contribution in [0, 0.1) is 5.82 Å². The fourth-order valence-electron chi connectivity index (χ4n) is 1.64. The average Bonchev–Trinajstić information content (AvgIpc) is 2.28. The maximum Gasteiger partial charge on any atom is 0.230 e. The Kier molecular flexibility index (Phi) is 7.01. The van der Waals surface area contributed by atoms with E-state index in [9.17, 15) is 9.18 Å². The molecular formula is C14H22ClFN2O. The zero-order chi connectivity index (χ0) is 13.8. The van der Waals surface area contributed by atoms with E-state index in [-0.39, 0.29) is 30.2 Å². The molecule has 1 amide bonds. The van der Waals surface area contributed by atoms with Gasteiger partial charge in [0.2, 0.25) is 5.91 Å². The van der Waals surface area contributed by atoms with Crippen molar-refractivity contribution in [1.29, 1.82) is 0 Å². The molecule has 0 saturated heterocycles. The molecule has 0 aromatic heterocycles. The van der Waals surface area contributed by atoms with Crippen LogP contribution in [0.1, 0.15) is 32.8 Å². The van der Waals surface area contributed by atoms with E-state index in [1.54, 1.807) is 26.0 Å². The molecule has 0 aliphatic rings. The number of carbonyl (C=O) groups is 1. The summed E-state index contributed by atoms with van der Waals surface area (Å²) in [7, 11) is 0. The largest absolute Gasteiger partial charge is 0.355 e. The fraction of sp³-hybridized carbons (Fsp3) is 0.500. The van der Waals surface area contributed by atoms with Crippen LogP contribution in [-0.4, -0.2) is 18.5 Å².